The molecule has 16 heteroatoms. The summed E-state index contributed by atoms with van der Waals surface area (Å²) in [5, 5.41) is 22.9. The monoisotopic (exact) mass is 937 g/mol. The third-order valence-corrected chi connectivity index (χ3v) is 12.1. The van der Waals surface area contributed by atoms with Crippen LogP contribution in [-0.4, -0.2) is 168 Å². The standard InChI is InChI=1S/C49H92O16/c1-10-17-24-53-32-37-41(56-27-20-13-4)44(57-28-21-14-5)46(60-35(9)51)49(63-37)65-43-39(52)36(31-50)61-48(45(43)58-29-22-15-6)64-42-38(33-54-25-18-11-2)62-47(59-30-23-16-7)34(8)40(42)55-26-19-12-3/h34,36-50,52H,10-33H2,1-9H3/t34-,36?,37?,38?,39+,40?,41-,42+,43?,44?,45+,46-,47+,48-,49-/m0/s1. The van der Waals surface area contributed by atoms with Gasteiger partial charge in [0.05, 0.1) is 25.9 Å². The molecule has 0 amide bonds. The molecule has 0 saturated carbocycles. The van der Waals surface area contributed by atoms with Crippen molar-refractivity contribution in [1.82, 2.24) is 0 Å². The fourth-order valence-corrected chi connectivity index (χ4v) is 8.09. The van der Waals surface area contributed by atoms with Crippen LogP contribution in [0, 0.1) is 5.92 Å². The number of hydrogen-bond donors (Lipinski definition) is 2. The molecule has 0 bridgehead atoms. The van der Waals surface area contributed by atoms with Crippen molar-refractivity contribution < 1.29 is 76.6 Å². The zero-order valence-electron chi connectivity index (χ0n) is 41.7. The van der Waals surface area contributed by atoms with Crippen LogP contribution in [-0.2, 0) is 66.4 Å². The maximum atomic E-state index is 12.9. The summed E-state index contributed by atoms with van der Waals surface area (Å²) in [6.07, 6.45) is -0.819. The molecule has 384 valence electrons. The molecule has 3 rings (SSSR count). The lowest BCUT2D eigenvalue weighted by atomic mass is 9.91. The first kappa shape index (κ1) is 58.2. The van der Waals surface area contributed by atoms with E-state index in [1.165, 1.54) is 6.92 Å². The van der Waals surface area contributed by atoms with E-state index in [0.717, 1.165) is 83.5 Å². The van der Waals surface area contributed by atoms with E-state index in [0.29, 0.717) is 46.1 Å². The minimum absolute atomic E-state index is 0.166. The first-order valence-electron chi connectivity index (χ1n) is 25.6. The second-order valence-electron chi connectivity index (χ2n) is 17.8. The van der Waals surface area contributed by atoms with Crippen molar-refractivity contribution in [1.29, 1.82) is 0 Å². The van der Waals surface area contributed by atoms with Crippen LogP contribution >= 0.6 is 0 Å². The minimum Gasteiger partial charge on any atom is -0.454 e. The van der Waals surface area contributed by atoms with Crippen LogP contribution in [0.15, 0.2) is 0 Å². The lowest BCUT2D eigenvalue weighted by molar-refractivity contribution is -0.385. The van der Waals surface area contributed by atoms with Gasteiger partial charge < -0.3 is 71.8 Å². The van der Waals surface area contributed by atoms with Gasteiger partial charge in [0.25, 0.3) is 0 Å². The zero-order chi connectivity index (χ0) is 47.4. The van der Waals surface area contributed by atoms with E-state index in [-0.39, 0.29) is 25.7 Å². The molecule has 2 N–H and O–H groups in total. The molecule has 3 aliphatic heterocycles. The van der Waals surface area contributed by atoms with Crippen LogP contribution in [0.5, 0.6) is 0 Å². The molecule has 3 saturated heterocycles. The van der Waals surface area contributed by atoms with Crippen LogP contribution in [0.1, 0.15) is 152 Å². The molecule has 0 spiro atoms. The Kier molecular flexibility index (Phi) is 30.7. The molecule has 16 nitrogen and oxygen atoms in total. The first-order chi connectivity index (χ1) is 31.6. The van der Waals surface area contributed by atoms with Gasteiger partial charge in [-0.15, -0.1) is 0 Å². The van der Waals surface area contributed by atoms with Crippen LogP contribution in [0.2, 0.25) is 0 Å². The number of hydrogen-bond acceptors (Lipinski definition) is 16. The van der Waals surface area contributed by atoms with Gasteiger partial charge in [0.2, 0.25) is 0 Å². The van der Waals surface area contributed by atoms with E-state index in [2.05, 4.69) is 48.5 Å². The second-order valence-corrected chi connectivity index (χ2v) is 17.8. The summed E-state index contributed by atoms with van der Waals surface area (Å²) >= 11 is 0. The van der Waals surface area contributed by atoms with Gasteiger partial charge in [0.15, 0.2) is 25.0 Å². The van der Waals surface area contributed by atoms with E-state index < -0.39 is 98.6 Å². The number of esters is 1. The normalized spacial score (nSPS) is 33.1. The third kappa shape index (κ3) is 19.3. The van der Waals surface area contributed by atoms with Crippen molar-refractivity contribution in [3.63, 3.8) is 0 Å². The van der Waals surface area contributed by atoms with Crippen molar-refractivity contribution in [3.05, 3.63) is 0 Å². The molecule has 65 heavy (non-hydrogen) atoms. The fourth-order valence-electron chi connectivity index (χ4n) is 8.09. The Morgan fingerprint density at radius 1 is 0.462 bits per heavy atom. The smallest absolute Gasteiger partial charge is 0.303 e. The van der Waals surface area contributed by atoms with E-state index >= 15 is 0 Å². The number of aliphatic hydroxyl groups is 2. The van der Waals surface area contributed by atoms with Gasteiger partial charge in [-0.05, 0) is 44.9 Å². The molecular formula is C49H92O16. The van der Waals surface area contributed by atoms with Gasteiger partial charge in [-0.1, -0.05) is 100 Å². The molecule has 0 aromatic carbocycles. The van der Waals surface area contributed by atoms with Crippen LogP contribution in [0.25, 0.3) is 0 Å². The Bertz CT molecular complexity index is 1190. The number of carbonyl (C=O) groups excluding carboxylic acids is 1. The molecule has 0 aromatic rings. The Morgan fingerprint density at radius 2 is 0.862 bits per heavy atom. The predicted octanol–water partition coefficient (Wildman–Crippen LogP) is 7.04. The molecule has 0 aromatic heterocycles. The van der Waals surface area contributed by atoms with E-state index in [4.69, 9.17) is 61.6 Å². The lowest BCUT2D eigenvalue weighted by Gasteiger charge is -2.51. The lowest BCUT2D eigenvalue weighted by Crippen LogP contribution is -2.67. The highest BCUT2D eigenvalue weighted by atomic mass is 16.8. The molecule has 3 heterocycles. The quantitative estimate of drug-likeness (QED) is 0.0482. The molecule has 3 fully saturated rings. The molecule has 0 radical (unpaired) electrons. The van der Waals surface area contributed by atoms with Crippen LogP contribution in [0.4, 0.5) is 0 Å². The van der Waals surface area contributed by atoms with Crippen LogP contribution in [0.3, 0.4) is 0 Å². The van der Waals surface area contributed by atoms with Crippen molar-refractivity contribution >= 4 is 5.97 Å². The SMILES string of the molecule is CCCCOCC1O[C@@H](OCCCC)[C@@H](C)C(OCCCC)[C@@H]1O[C@@H]1OC(CO)[C@@H](O)C(O[C@@H]2OC(COCCCC)[C@H](OCCCC)C(OCCCC)[C@@H]2OC(C)=O)[C@H]1OCCCC. The summed E-state index contributed by atoms with van der Waals surface area (Å²) in [4.78, 5) is 12.9. The number of ether oxygens (including phenoxy) is 13. The molecule has 6 unspecified atom stereocenters. The Balaban J connectivity index is 2.12. The van der Waals surface area contributed by atoms with Crippen LogP contribution < -0.4 is 0 Å². The number of rotatable bonds is 36. The van der Waals surface area contributed by atoms with Gasteiger partial charge in [0.1, 0.15) is 54.9 Å². The average molecular weight is 937 g/mol. The average Bonchev–Trinajstić information content (AvgIpc) is 3.29. The summed E-state index contributed by atoms with van der Waals surface area (Å²) < 4.78 is 84.9. The Hall–Kier alpha value is -1.09. The van der Waals surface area contributed by atoms with Gasteiger partial charge in [-0.3, -0.25) is 4.79 Å². The summed E-state index contributed by atoms with van der Waals surface area (Å²) in [5.41, 5.74) is 0. The van der Waals surface area contributed by atoms with E-state index in [9.17, 15) is 15.0 Å². The van der Waals surface area contributed by atoms with Gasteiger partial charge in [-0.25, -0.2) is 0 Å². The van der Waals surface area contributed by atoms with E-state index in [1.54, 1.807) is 0 Å². The summed E-state index contributed by atoms with van der Waals surface area (Å²) in [5.74, 6) is -0.813. The van der Waals surface area contributed by atoms with Crippen molar-refractivity contribution in [2.75, 3.05) is 66.1 Å². The number of unbranched alkanes of at least 4 members (excludes halogenated alkanes) is 7. The van der Waals surface area contributed by atoms with Gasteiger partial charge in [-0.2, -0.15) is 0 Å². The number of carbonyl (C=O) groups is 1. The van der Waals surface area contributed by atoms with Gasteiger partial charge >= 0.3 is 5.97 Å². The molecular weight excluding hydrogens is 845 g/mol. The van der Waals surface area contributed by atoms with Crippen molar-refractivity contribution in [2.24, 2.45) is 5.92 Å². The summed E-state index contributed by atoms with van der Waals surface area (Å²) in [6.45, 7) is 21.0. The highest BCUT2D eigenvalue weighted by molar-refractivity contribution is 5.66. The maximum Gasteiger partial charge on any atom is 0.303 e. The Morgan fingerprint density at radius 3 is 1.37 bits per heavy atom. The Labute approximate surface area is 391 Å². The summed E-state index contributed by atoms with van der Waals surface area (Å²) in [6, 6.07) is 0. The zero-order valence-corrected chi connectivity index (χ0v) is 41.7. The summed E-state index contributed by atoms with van der Waals surface area (Å²) in [7, 11) is 0. The number of aliphatic hydroxyl groups excluding tert-OH is 2. The molecule has 15 atom stereocenters. The van der Waals surface area contributed by atoms with Gasteiger partial charge in [0, 0.05) is 59.1 Å². The maximum absolute atomic E-state index is 12.9. The predicted molar refractivity (Wildman–Crippen MR) is 244 cm³/mol. The fraction of sp³-hybridized carbons (Fsp3) is 0.980. The highest BCUT2D eigenvalue weighted by Gasteiger charge is 2.56. The minimum atomic E-state index is -1.42. The largest absolute Gasteiger partial charge is 0.454 e. The van der Waals surface area contributed by atoms with E-state index in [1.807, 2.05) is 6.92 Å². The third-order valence-electron chi connectivity index (χ3n) is 12.1. The molecule has 0 aliphatic carbocycles. The first-order valence-corrected chi connectivity index (χ1v) is 25.6. The second kappa shape index (κ2) is 34.2. The van der Waals surface area contributed by atoms with Crippen molar-refractivity contribution in [3.8, 4) is 0 Å². The van der Waals surface area contributed by atoms with Crippen molar-refractivity contribution in [2.45, 2.75) is 238 Å². The topological polar surface area (TPSA) is 178 Å². The highest BCUT2D eigenvalue weighted by Crippen LogP contribution is 2.38. The molecule has 3 aliphatic rings.